The first-order valence-electron chi connectivity index (χ1n) is 20.1. The zero-order chi connectivity index (χ0) is 37.5. The van der Waals surface area contributed by atoms with E-state index in [-0.39, 0.29) is 56.6 Å². The van der Waals surface area contributed by atoms with Crippen LogP contribution in [0.4, 0.5) is 5.95 Å². The summed E-state index contributed by atoms with van der Waals surface area (Å²) in [5, 5.41) is 28.2. The van der Waals surface area contributed by atoms with Crippen LogP contribution in [-0.4, -0.2) is 69.3 Å². The number of nitrogens with zero attached hydrogens (tertiary/aromatic N) is 4. The molecule has 3 saturated carbocycles. The molecule has 2 bridgehead atoms. The molecular weight excluding hydrogens is 640 g/mol. The Bertz CT molecular complexity index is 1490. The summed E-state index contributed by atoms with van der Waals surface area (Å²) < 4.78 is 14.0. The van der Waals surface area contributed by atoms with E-state index < -0.39 is 11.9 Å². The Morgan fingerprint density at radius 1 is 1.10 bits per heavy atom. The highest BCUT2D eigenvalue weighted by atomic mass is 16.5. The molecule has 4 N–H and O–H groups in total. The topological polar surface area (TPSA) is 137 Å². The Morgan fingerprint density at radius 3 is 2.39 bits per heavy atom. The van der Waals surface area contributed by atoms with Crippen LogP contribution in [0.2, 0.25) is 0 Å². The van der Waals surface area contributed by atoms with E-state index >= 15 is 0 Å². The maximum absolute atomic E-state index is 13.5. The summed E-state index contributed by atoms with van der Waals surface area (Å²) in [6.45, 7) is 30.3. The lowest BCUT2D eigenvalue weighted by Crippen LogP contribution is -2.69. The lowest BCUT2D eigenvalue weighted by Gasteiger charge is -2.71. The van der Waals surface area contributed by atoms with Crippen LogP contribution in [0.25, 0.3) is 0 Å². The van der Waals surface area contributed by atoms with Gasteiger partial charge in [0.2, 0.25) is 0 Å². The molecule has 2 heterocycles. The Labute approximate surface area is 307 Å². The van der Waals surface area contributed by atoms with E-state index in [1.54, 1.807) is 4.80 Å². The molecule has 5 aliphatic rings. The monoisotopic (exact) mass is 711 g/mol. The zero-order valence-corrected chi connectivity index (χ0v) is 33.9. The van der Waals surface area contributed by atoms with Crippen molar-refractivity contribution in [2.24, 2.45) is 68.5 Å². The number of aliphatic carboxylic acids is 1. The molecule has 1 aromatic rings. The molecule has 0 spiro atoms. The van der Waals surface area contributed by atoms with E-state index in [1.807, 2.05) is 0 Å². The molecule has 288 valence electrons. The van der Waals surface area contributed by atoms with Crippen LogP contribution in [-0.2, 0) is 14.3 Å². The number of hydrogen-bond donors (Lipinski definition) is 3. The number of nitrogens with one attached hydrogen (secondary N) is 1. The van der Waals surface area contributed by atoms with Crippen molar-refractivity contribution in [1.29, 1.82) is 0 Å². The van der Waals surface area contributed by atoms with Gasteiger partial charge in [0, 0.05) is 16.4 Å². The highest BCUT2D eigenvalue weighted by Crippen LogP contribution is 2.75. The fourth-order valence-electron chi connectivity index (χ4n) is 12.6. The number of carboxylic acids is 1. The molecule has 0 amide bonds. The molecule has 4 fully saturated rings. The van der Waals surface area contributed by atoms with Crippen LogP contribution >= 0.6 is 0 Å². The largest absolute Gasteiger partial charge is 0.481 e. The minimum absolute atomic E-state index is 0.149. The van der Waals surface area contributed by atoms with Crippen LogP contribution < -0.4 is 11.1 Å². The number of carbonyl (C=O) groups is 1. The van der Waals surface area contributed by atoms with Crippen LogP contribution in [0.3, 0.4) is 0 Å². The molecule has 51 heavy (non-hydrogen) atoms. The van der Waals surface area contributed by atoms with Crippen molar-refractivity contribution in [3.63, 3.8) is 0 Å². The highest BCUT2D eigenvalue weighted by molar-refractivity contribution is 5.73. The SMILES string of the molecule is CC(C)CN[C@@](C)(CO[C@H]1[C@H](n2nnc(N)n2)C[C@@]23COC[C@]1(C)[C@@H]2CC[C@H]1C3=CC[C@@]2(C)[C@H](C(=O)O)[C@@](C)([C@H](C)C(C)C)CC[C@]12C)C(C)C. The zero-order valence-electron chi connectivity index (χ0n) is 33.9. The number of fused-ring (bicyclic) bond motifs is 3. The first-order valence-corrected chi connectivity index (χ1v) is 20.1. The number of allylic oxidation sites excluding steroid dienone is 1. The molecule has 6 rings (SSSR count). The smallest absolute Gasteiger partial charge is 0.307 e. The first kappa shape index (κ1) is 38.7. The molecule has 0 radical (unpaired) electrons. The summed E-state index contributed by atoms with van der Waals surface area (Å²) in [4.78, 5) is 15.2. The summed E-state index contributed by atoms with van der Waals surface area (Å²) in [7, 11) is 0. The molecule has 10 heteroatoms. The van der Waals surface area contributed by atoms with E-state index in [0.717, 1.165) is 45.1 Å². The summed E-state index contributed by atoms with van der Waals surface area (Å²) in [6.07, 6.45) is 7.96. The lowest BCUT2D eigenvalue weighted by atomic mass is 9.34. The van der Waals surface area contributed by atoms with Crippen molar-refractivity contribution >= 4 is 11.9 Å². The number of hydrogen-bond acceptors (Lipinski definition) is 8. The summed E-state index contributed by atoms with van der Waals surface area (Å²) in [5.41, 5.74) is 6.11. The van der Waals surface area contributed by atoms with Crippen molar-refractivity contribution in [3.8, 4) is 0 Å². The normalized spacial score (nSPS) is 42.5. The number of aromatic nitrogens is 4. The molecule has 1 aliphatic heterocycles. The third kappa shape index (κ3) is 5.73. The van der Waals surface area contributed by atoms with E-state index in [9.17, 15) is 9.90 Å². The Balaban J connectivity index is 1.42. The van der Waals surface area contributed by atoms with E-state index in [4.69, 9.17) is 15.2 Å². The predicted octanol–water partition coefficient (Wildman–Crippen LogP) is 7.43. The number of carboxylic acid groups (broad SMARTS) is 1. The molecule has 0 aromatic carbocycles. The molecule has 10 nitrogen and oxygen atoms in total. The third-order valence-electron chi connectivity index (χ3n) is 16.6. The highest BCUT2D eigenvalue weighted by Gasteiger charge is 2.72. The number of ether oxygens (including phenoxy) is 2. The summed E-state index contributed by atoms with van der Waals surface area (Å²) in [5.74, 6) is 1.40. The van der Waals surface area contributed by atoms with E-state index in [0.29, 0.717) is 49.4 Å². The van der Waals surface area contributed by atoms with Crippen LogP contribution in [0.5, 0.6) is 0 Å². The van der Waals surface area contributed by atoms with Gasteiger partial charge in [-0.05, 0) is 109 Å². The second-order valence-corrected chi connectivity index (χ2v) is 20.2. The average molecular weight is 711 g/mol. The molecule has 0 unspecified atom stereocenters. The van der Waals surface area contributed by atoms with Crippen molar-refractivity contribution in [2.45, 2.75) is 139 Å². The van der Waals surface area contributed by atoms with Crippen molar-refractivity contribution in [3.05, 3.63) is 11.6 Å². The van der Waals surface area contributed by atoms with Gasteiger partial charge < -0.3 is 25.6 Å². The molecule has 1 aromatic heterocycles. The number of nitrogens with two attached hydrogens (primary N) is 1. The minimum atomic E-state index is -0.625. The number of anilines is 1. The summed E-state index contributed by atoms with van der Waals surface area (Å²) >= 11 is 0. The molecule has 4 aliphatic carbocycles. The maximum Gasteiger partial charge on any atom is 0.307 e. The lowest BCUT2D eigenvalue weighted by molar-refractivity contribution is -0.254. The Hall–Kier alpha value is -2.04. The number of nitrogen functional groups attached to an aromatic ring is 1. The van der Waals surface area contributed by atoms with Crippen LogP contribution in [0, 0.1) is 68.5 Å². The van der Waals surface area contributed by atoms with Gasteiger partial charge in [0.15, 0.2) is 0 Å². The van der Waals surface area contributed by atoms with Gasteiger partial charge in [-0.2, -0.15) is 4.80 Å². The van der Waals surface area contributed by atoms with Gasteiger partial charge in [-0.15, -0.1) is 5.10 Å². The molecular formula is C41H70N6O4. The number of rotatable bonds is 11. The van der Waals surface area contributed by atoms with Crippen molar-refractivity contribution in [1.82, 2.24) is 25.5 Å². The average Bonchev–Trinajstić information content (AvgIpc) is 3.48. The number of tetrazole rings is 1. The van der Waals surface area contributed by atoms with Gasteiger partial charge in [-0.25, -0.2) is 0 Å². The van der Waals surface area contributed by atoms with Gasteiger partial charge in [-0.3, -0.25) is 4.79 Å². The van der Waals surface area contributed by atoms with Gasteiger partial charge >= 0.3 is 5.97 Å². The van der Waals surface area contributed by atoms with E-state index in [2.05, 4.69) is 110 Å². The van der Waals surface area contributed by atoms with Gasteiger partial charge in [-0.1, -0.05) is 92.9 Å². The Kier molecular flexibility index (Phi) is 9.91. The molecule has 12 atom stereocenters. The fourth-order valence-corrected chi connectivity index (χ4v) is 12.6. The maximum atomic E-state index is 13.5. The Morgan fingerprint density at radius 2 is 1.80 bits per heavy atom. The van der Waals surface area contributed by atoms with Gasteiger partial charge in [0.05, 0.1) is 31.8 Å². The van der Waals surface area contributed by atoms with Crippen molar-refractivity contribution in [2.75, 3.05) is 32.1 Å². The predicted molar refractivity (Wildman–Crippen MR) is 201 cm³/mol. The quantitative estimate of drug-likeness (QED) is 0.200. The van der Waals surface area contributed by atoms with Gasteiger partial charge in [0.25, 0.3) is 5.95 Å². The van der Waals surface area contributed by atoms with E-state index in [1.165, 1.54) is 5.57 Å². The summed E-state index contributed by atoms with van der Waals surface area (Å²) in [6, 6.07) is -0.171. The van der Waals surface area contributed by atoms with Crippen molar-refractivity contribution < 1.29 is 19.4 Å². The molecule has 1 saturated heterocycles. The van der Waals surface area contributed by atoms with Gasteiger partial charge in [0.1, 0.15) is 6.04 Å². The fraction of sp³-hybridized carbons (Fsp3) is 0.902. The standard InChI is InChI=1S/C41H70N6O4/c1-24(2)20-43-40(12,26(5)6)22-51-33-30(47-45-35(42)44-46-47)19-41-23-50-21-37(33,9)31(41)14-13-28-29(41)15-16-39(11)32(34(48)49)36(8,27(7)25(3)4)17-18-38(28,39)10/h15,24-28,30-33,43H,13-14,16-23H2,1-12H3,(H2,42,45)(H,48,49)/t27-,28+,30-,31+,32-,33+,36-,37-,38-,39+,40+,41+/m1/s1. The second kappa shape index (κ2) is 13.1. The second-order valence-electron chi connectivity index (χ2n) is 20.2. The van der Waals surface area contributed by atoms with Crippen LogP contribution in [0.1, 0.15) is 128 Å². The minimum Gasteiger partial charge on any atom is -0.481 e. The van der Waals surface area contributed by atoms with Crippen LogP contribution in [0.15, 0.2) is 11.6 Å². The first-order chi connectivity index (χ1) is 23.7. The third-order valence-corrected chi connectivity index (χ3v) is 16.6.